The Morgan fingerprint density at radius 2 is 1.93 bits per heavy atom. The smallest absolute Gasteiger partial charge is 0.254 e. The first kappa shape index (κ1) is 19.1. The number of hydrogen-bond acceptors (Lipinski definition) is 3. The highest BCUT2D eigenvalue weighted by Gasteiger charge is 2.27. The van der Waals surface area contributed by atoms with E-state index in [1.807, 2.05) is 59.1 Å². The summed E-state index contributed by atoms with van der Waals surface area (Å²) in [4.78, 5) is 19.3. The van der Waals surface area contributed by atoms with E-state index in [1.165, 1.54) is 0 Å². The lowest BCUT2D eigenvalue weighted by molar-refractivity contribution is 0.0732. The van der Waals surface area contributed by atoms with Crippen LogP contribution in [0.2, 0.25) is 10.0 Å². The van der Waals surface area contributed by atoms with E-state index in [1.54, 1.807) is 12.3 Å². The summed E-state index contributed by atoms with van der Waals surface area (Å²) in [6.07, 6.45) is 2.49. The second-order valence-electron chi connectivity index (χ2n) is 7.41. The third kappa shape index (κ3) is 3.24. The molecule has 2 aromatic carbocycles. The van der Waals surface area contributed by atoms with E-state index in [2.05, 4.69) is 4.98 Å². The van der Waals surface area contributed by atoms with E-state index in [-0.39, 0.29) is 5.91 Å². The van der Waals surface area contributed by atoms with Gasteiger partial charge in [0.1, 0.15) is 0 Å². The number of rotatable bonds is 2. The summed E-state index contributed by atoms with van der Waals surface area (Å²) in [6.45, 7) is 1.12. The van der Waals surface area contributed by atoms with Crippen LogP contribution in [-0.2, 0) is 20.0 Å². The van der Waals surface area contributed by atoms with Crippen molar-refractivity contribution in [3.63, 3.8) is 0 Å². The van der Waals surface area contributed by atoms with Crippen LogP contribution in [0.1, 0.15) is 21.6 Å². The van der Waals surface area contributed by atoms with Crippen molar-refractivity contribution >= 4 is 40.0 Å². The third-order valence-electron chi connectivity index (χ3n) is 5.53. The second-order valence-corrected chi connectivity index (χ2v) is 8.23. The van der Waals surface area contributed by atoms with Crippen LogP contribution in [0.4, 0.5) is 0 Å². The quantitative estimate of drug-likeness (QED) is 0.436. The minimum absolute atomic E-state index is 0.00754. The first-order chi connectivity index (χ1) is 14.5. The molecule has 0 fully saturated rings. The molecule has 0 saturated heterocycles. The van der Waals surface area contributed by atoms with Gasteiger partial charge >= 0.3 is 0 Å². The Labute approximate surface area is 183 Å². The molecule has 0 bridgehead atoms. The van der Waals surface area contributed by atoms with Gasteiger partial charge < -0.3 is 4.90 Å². The minimum atomic E-state index is 0.00754. The normalized spacial score (nSPS) is 13.5. The van der Waals surface area contributed by atoms with E-state index < -0.39 is 0 Å². The summed E-state index contributed by atoms with van der Waals surface area (Å²) < 4.78 is 1.86. The number of halogens is 2. The molecule has 30 heavy (non-hydrogen) atoms. The van der Waals surface area contributed by atoms with E-state index in [0.717, 1.165) is 39.8 Å². The fourth-order valence-corrected chi connectivity index (χ4v) is 4.39. The lowest BCUT2D eigenvalue weighted by Gasteiger charge is -2.27. The van der Waals surface area contributed by atoms with Gasteiger partial charge in [0, 0.05) is 41.9 Å². The highest BCUT2D eigenvalue weighted by Crippen LogP contribution is 2.34. The molecule has 0 atom stereocenters. The van der Waals surface area contributed by atoms with Crippen molar-refractivity contribution in [2.75, 3.05) is 6.54 Å². The SMILES string of the molecule is Cn1nc2c(c1-c1ccc(Cl)c(Cl)c1)CCN(C(=O)c1ccc3ncccc3c1)C2. The number of carbonyl (C=O) groups excluding carboxylic acids is 1. The number of nitrogens with zero attached hydrogens (tertiary/aromatic N) is 4. The van der Waals surface area contributed by atoms with Crippen LogP contribution in [0, 0.1) is 0 Å². The minimum Gasteiger partial charge on any atom is -0.332 e. The van der Waals surface area contributed by atoms with Gasteiger partial charge in [-0.2, -0.15) is 5.10 Å². The largest absolute Gasteiger partial charge is 0.332 e. The number of aromatic nitrogens is 3. The van der Waals surface area contributed by atoms with Crippen molar-refractivity contribution in [1.82, 2.24) is 19.7 Å². The Hall–Kier alpha value is -2.89. The number of aryl methyl sites for hydroxylation is 1. The van der Waals surface area contributed by atoms with Crippen molar-refractivity contribution in [3.05, 3.63) is 81.6 Å². The Balaban J connectivity index is 1.45. The molecule has 1 aliphatic heterocycles. The van der Waals surface area contributed by atoms with Crippen LogP contribution in [0.5, 0.6) is 0 Å². The molecule has 1 amide bonds. The summed E-state index contributed by atoms with van der Waals surface area (Å²) in [7, 11) is 1.92. The topological polar surface area (TPSA) is 51.0 Å². The van der Waals surface area contributed by atoms with Gasteiger partial charge in [0.15, 0.2) is 0 Å². The molecule has 0 radical (unpaired) electrons. The summed E-state index contributed by atoms with van der Waals surface area (Å²) in [5.74, 6) is 0.00754. The molecular formula is C23H18Cl2N4O. The maximum Gasteiger partial charge on any atom is 0.254 e. The fraction of sp³-hybridized carbons (Fsp3) is 0.174. The standard InChI is InChI=1S/C23H18Cl2N4O/c1-28-22(15-4-6-18(24)19(25)12-15)17-8-10-29(13-21(17)27-28)23(30)16-5-7-20-14(11-16)3-2-9-26-20/h2-7,9,11-12H,8,10,13H2,1H3. The Morgan fingerprint density at radius 1 is 1.07 bits per heavy atom. The van der Waals surface area contributed by atoms with Gasteiger partial charge in [-0.25, -0.2) is 0 Å². The van der Waals surface area contributed by atoms with Crippen LogP contribution in [0.25, 0.3) is 22.2 Å². The number of fused-ring (bicyclic) bond motifs is 2. The molecule has 2 aromatic heterocycles. The highest BCUT2D eigenvalue weighted by atomic mass is 35.5. The molecule has 0 saturated carbocycles. The molecule has 4 aromatic rings. The number of amides is 1. The van der Waals surface area contributed by atoms with Gasteiger partial charge in [-0.15, -0.1) is 0 Å². The highest BCUT2D eigenvalue weighted by molar-refractivity contribution is 6.42. The average Bonchev–Trinajstić information content (AvgIpc) is 3.09. The van der Waals surface area contributed by atoms with Crippen LogP contribution < -0.4 is 0 Å². The summed E-state index contributed by atoms with van der Waals surface area (Å²) in [6, 6.07) is 15.1. The molecule has 7 heteroatoms. The lowest BCUT2D eigenvalue weighted by atomic mass is 9.99. The zero-order valence-corrected chi connectivity index (χ0v) is 17.8. The van der Waals surface area contributed by atoms with Crippen LogP contribution >= 0.6 is 23.2 Å². The Morgan fingerprint density at radius 3 is 2.77 bits per heavy atom. The first-order valence-corrected chi connectivity index (χ1v) is 10.4. The second kappa shape index (κ2) is 7.42. The number of carbonyl (C=O) groups is 1. The van der Waals surface area contributed by atoms with E-state index in [4.69, 9.17) is 28.3 Å². The summed E-state index contributed by atoms with van der Waals surface area (Å²) in [5, 5.41) is 6.69. The monoisotopic (exact) mass is 436 g/mol. The average molecular weight is 437 g/mol. The van der Waals surface area contributed by atoms with Crippen LogP contribution in [0.15, 0.2) is 54.7 Å². The molecule has 150 valence electrons. The van der Waals surface area contributed by atoms with Gasteiger partial charge in [0.2, 0.25) is 0 Å². The van der Waals surface area contributed by atoms with Crippen molar-refractivity contribution in [3.8, 4) is 11.3 Å². The zero-order valence-electron chi connectivity index (χ0n) is 16.3. The van der Waals surface area contributed by atoms with Gasteiger partial charge in [0.25, 0.3) is 5.91 Å². The van der Waals surface area contributed by atoms with Gasteiger partial charge in [-0.05, 0) is 42.8 Å². The van der Waals surface area contributed by atoms with Gasteiger partial charge in [0.05, 0.1) is 33.5 Å². The molecule has 0 aliphatic carbocycles. The maximum absolute atomic E-state index is 13.1. The van der Waals surface area contributed by atoms with Gasteiger partial charge in [-0.3, -0.25) is 14.5 Å². The first-order valence-electron chi connectivity index (χ1n) is 9.65. The fourth-order valence-electron chi connectivity index (χ4n) is 4.09. The number of benzene rings is 2. The summed E-state index contributed by atoms with van der Waals surface area (Å²) in [5.41, 5.74) is 5.61. The molecular weight excluding hydrogens is 419 g/mol. The maximum atomic E-state index is 13.1. The van der Waals surface area contributed by atoms with E-state index in [0.29, 0.717) is 28.7 Å². The van der Waals surface area contributed by atoms with Crippen molar-refractivity contribution in [1.29, 1.82) is 0 Å². The Kier molecular flexibility index (Phi) is 4.72. The van der Waals surface area contributed by atoms with Crippen molar-refractivity contribution in [2.45, 2.75) is 13.0 Å². The predicted molar refractivity (Wildman–Crippen MR) is 119 cm³/mol. The molecule has 0 N–H and O–H groups in total. The van der Waals surface area contributed by atoms with E-state index in [9.17, 15) is 4.79 Å². The van der Waals surface area contributed by atoms with Crippen molar-refractivity contribution < 1.29 is 4.79 Å². The molecule has 0 unspecified atom stereocenters. The predicted octanol–water partition coefficient (Wildman–Crippen LogP) is 5.14. The van der Waals surface area contributed by atoms with Gasteiger partial charge in [-0.1, -0.05) is 35.3 Å². The third-order valence-corrected chi connectivity index (χ3v) is 6.27. The van der Waals surface area contributed by atoms with Crippen molar-refractivity contribution in [2.24, 2.45) is 7.05 Å². The van der Waals surface area contributed by atoms with Crippen LogP contribution in [-0.4, -0.2) is 32.1 Å². The molecule has 5 rings (SSSR count). The lowest BCUT2D eigenvalue weighted by Crippen LogP contribution is -2.36. The number of hydrogen-bond donors (Lipinski definition) is 0. The zero-order chi connectivity index (χ0) is 20.8. The molecule has 0 spiro atoms. The van der Waals surface area contributed by atoms with E-state index >= 15 is 0 Å². The molecule has 5 nitrogen and oxygen atoms in total. The summed E-state index contributed by atoms with van der Waals surface area (Å²) >= 11 is 12.3. The van der Waals surface area contributed by atoms with Crippen LogP contribution in [0.3, 0.4) is 0 Å². The molecule has 3 heterocycles. The number of pyridine rings is 1. The molecule has 1 aliphatic rings. The Bertz CT molecular complexity index is 1300.